The lowest BCUT2D eigenvalue weighted by Gasteiger charge is -2.41. The Hall–Kier alpha value is -1.84. The van der Waals surface area contributed by atoms with Crippen LogP contribution in [0.15, 0.2) is 0 Å². The number of carbonyl (C=O) groups excluding carboxylic acids is 2. The van der Waals surface area contributed by atoms with E-state index in [1.54, 1.807) is 11.8 Å². The van der Waals surface area contributed by atoms with Crippen molar-refractivity contribution in [3.8, 4) is 0 Å². The molecule has 0 aromatic heterocycles. The van der Waals surface area contributed by atoms with Gasteiger partial charge in [-0.2, -0.15) is 13.2 Å². The predicted molar refractivity (Wildman–Crippen MR) is 94.3 cm³/mol. The van der Waals surface area contributed by atoms with E-state index >= 15 is 0 Å². The van der Waals surface area contributed by atoms with Crippen LogP contribution in [0.4, 0.5) is 13.2 Å². The van der Waals surface area contributed by atoms with Crippen LogP contribution >= 0.6 is 0 Å². The number of fused-ring (bicyclic) bond motifs is 2. The van der Waals surface area contributed by atoms with Crippen LogP contribution in [0.3, 0.4) is 0 Å². The van der Waals surface area contributed by atoms with Gasteiger partial charge in [-0.25, -0.2) is 4.79 Å². The average molecular weight is 407 g/mol. The van der Waals surface area contributed by atoms with Crippen LogP contribution in [0, 0.1) is 16.7 Å². The van der Waals surface area contributed by atoms with Crippen LogP contribution in [0.1, 0.15) is 32.6 Å². The third kappa shape index (κ3) is 4.11. The van der Waals surface area contributed by atoms with Crippen molar-refractivity contribution in [2.24, 2.45) is 16.7 Å². The minimum absolute atomic E-state index is 0.111. The first-order valence-electron chi connectivity index (χ1n) is 9.34. The molecule has 0 radical (unpaired) electrons. The second-order valence-electron chi connectivity index (χ2n) is 8.22. The number of hydrogen-bond donors (Lipinski definition) is 2. The molecule has 3 fully saturated rings. The van der Waals surface area contributed by atoms with E-state index in [0.29, 0.717) is 12.5 Å². The highest BCUT2D eigenvalue weighted by Gasteiger charge is 2.64. The number of carbonyl (C=O) groups is 3. The number of rotatable bonds is 1. The zero-order chi connectivity index (χ0) is 21.3. The first-order chi connectivity index (χ1) is 12.9. The SMILES string of the molecule is CC(=O)N1C[C@H]2C3(CCNCC3)CC[C@@]2(C(=O)N(C)C)C1.O=C(O)C(F)(F)F. The summed E-state index contributed by atoms with van der Waals surface area (Å²) < 4.78 is 31.7. The summed E-state index contributed by atoms with van der Waals surface area (Å²) in [5.74, 6) is -2.08. The topological polar surface area (TPSA) is 90.0 Å². The fraction of sp³-hybridized carbons (Fsp3) is 0.833. The van der Waals surface area contributed by atoms with Crippen LogP contribution in [0.25, 0.3) is 0 Å². The molecule has 2 saturated heterocycles. The Labute approximate surface area is 162 Å². The summed E-state index contributed by atoms with van der Waals surface area (Å²) in [6.07, 6.45) is -0.707. The standard InChI is InChI=1S/C16H27N3O2.C2HF3O2/c1-12(20)19-10-13-15(6-8-17-9-7-15)4-5-16(13,11-19)14(21)18(2)3;3-2(4,5)1(6)7/h13,17H,4-11H2,1-3H3;(H,6,7)/t13-,16+;/m0./s1. The summed E-state index contributed by atoms with van der Waals surface area (Å²) in [6.45, 7) is 5.11. The molecule has 3 aliphatic rings. The van der Waals surface area contributed by atoms with E-state index in [0.717, 1.165) is 45.3 Å². The molecule has 0 unspecified atom stereocenters. The molecule has 1 spiro atoms. The van der Waals surface area contributed by atoms with E-state index in [4.69, 9.17) is 9.90 Å². The van der Waals surface area contributed by atoms with Crippen LogP contribution in [-0.4, -0.2) is 79.1 Å². The lowest BCUT2D eigenvalue weighted by molar-refractivity contribution is -0.192. The largest absolute Gasteiger partial charge is 0.490 e. The number of likely N-dealkylation sites (tertiary alicyclic amines) is 1. The maximum absolute atomic E-state index is 12.9. The summed E-state index contributed by atoms with van der Waals surface area (Å²) in [6, 6.07) is 0. The third-order valence-electron chi connectivity index (χ3n) is 6.47. The number of amides is 2. The van der Waals surface area contributed by atoms with Crippen molar-refractivity contribution in [2.75, 3.05) is 40.3 Å². The highest BCUT2D eigenvalue weighted by atomic mass is 19.4. The van der Waals surface area contributed by atoms with Crippen molar-refractivity contribution in [3.63, 3.8) is 0 Å². The molecule has 2 aliphatic heterocycles. The second-order valence-corrected chi connectivity index (χ2v) is 8.22. The summed E-state index contributed by atoms with van der Waals surface area (Å²) >= 11 is 0. The maximum Gasteiger partial charge on any atom is 0.490 e. The van der Waals surface area contributed by atoms with Crippen molar-refractivity contribution in [1.29, 1.82) is 0 Å². The third-order valence-corrected chi connectivity index (χ3v) is 6.47. The summed E-state index contributed by atoms with van der Waals surface area (Å²) in [5, 5.41) is 10.6. The van der Waals surface area contributed by atoms with Gasteiger partial charge in [0.1, 0.15) is 0 Å². The number of aliphatic carboxylic acids is 1. The zero-order valence-corrected chi connectivity index (χ0v) is 16.4. The molecule has 0 bridgehead atoms. The number of nitrogens with zero attached hydrogens (tertiary/aromatic N) is 2. The molecule has 28 heavy (non-hydrogen) atoms. The Bertz CT molecular complexity index is 632. The molecule has 7 nitrogen and oxygen atoms in total. The lowest BCUT2D eigenvalue weighted by atomic mass is 9.66. The fourth-order valence-corrected chi connectivity index (χ4v) is 5.12. The Balaban J connectivity index is 0.000000345. The molecule has 2 amide bonds. The summed E-state index contributed by atoms with van der Waals surface area (Å²) in [7, 11) is 3.69. The van der Waals surface area contributed by atoms with Gasteiger partial charge in [0.15, 0.2) is 0 Å². The minimum Gasteiger partial charge on any atom is -0.475 e. The minimum atomic E-state index is -5.08. The molecule has 2 atom stereocenters. The molecule has 2 N–H and O–H groups in total. The van der Waals surface area contributed by atoms with Crippen molar-refractivity contribution < 1.29 is 32.7 Å². The Morgan fingerprint density at radius 2 is 1.64 bits per heavy atom. The van der Waals surface area contributed by atoms with Gasteiger partial charge in [-0.1, -0.05) is 0 Å². The van der Waals surface area contributed by atoms with Gasteiger partial charge >= 0.3 is 12.1 Å². The van der Waals surface area contributed by atoms with Gasteiger partial charge in [0, 0.05) is 34.1 Å². The van der Waals surface area contributed by atoms with Gasteiger partial charge in [-0.05, 0) is 50.1 Å². The highest BCUT2D eigenvalue weighted by molar-refractivity contribution is 5.85. The van der Waals surface area contributed by atoms with Crippen LogP contribution in [0.2, 0.25) is 0 Å². The van der Waals surface area contributed by atoms with E-state index in [2.05, 4.69) is 5.32 Å². The molecular weight excluding hydrogens is 379 g/mol. The first-order valence-corrected chi connectivity index (χ1v) is 9.34. The summed E-state index contributed by atoms with van der Waals surface area (Å²) in [4.78, 5) is 37.3. The van der Waals surface area contributed by atoms with Gasteiger partial charge in [0.25, 0.3) is 0 Å². The number of piperidine rings is 1. The van der Waals surface area contributed by atoms with Crippen LogP contribution in [-0.2, 0) is 14.4 Å². The lowest BCUT2D eigenvalue weighted by Crippen LogP contribution is -2.48. The number of nitrogens with one attached hydrogen (secondary N) is 1. The van der Waals surface area contributed by atoms with Gasteiger partial charge in [-0.3, -0.25) is 9.59 Å². The van der Waals surface area contributed by atoms with Gasteiger partial charge in [0.2, 0.25) is 11.8 Å². The normalized spacial score (nSPS) is 28.4. The molecule has 0 aromatic rings. The highest BCUT2D eigenvalue weighted by Crippen LogP contribution is 2.61. The smallest absolute Gasteiger partial charge is 0.475 e. The number of hydrogen-bond acceptors (Lipinski definition) is 4. The maximum atomic E-state index is 12.9. The van der Waals surface area contributed by atoms with E-state index in [1.807, 2.05) is 19.0 Å². The molecule has 10 heteroatoms. The molecular formula is C18H28F3N3O4. The van der Waals surface area contributed by atoms with Crippen LogP contribution in [0.5, 0.6) is 0 Å². The van der Waals surface area contributed by atoms with E-state index in [1.165, 1.54) is 0 Å². The van der Waals surface area contributed by atoms with E-state index in [9.17, 15) is 22.8 Å². The fourth-order valence-electron chi connectivity index (χ4n) is 5.12. The van der Waals surface area contributed by atoms with Crippen molar-refractivity contribution in [1.82, 2.24) is 15.1 Å². The number of carboxylic acids is 1. The number of carboxylic acid groups (broad SMARTS) is 1. The molecule has 2 heterocycles. The van der Waals surface area contributed by atoms with Crippen molar-refractivity contribution >= 4 is 17.8 Å². The first kappa shape index (κ1) is 22.4. The molecule has 3 rings (SSSR count). The number of halogens is 3. The molecule has 0 aromatic carbocycles. The monoisotopic (exact) mass is 407 g/mol. The Morgan fingerprint density at radius 1 is 1.11 bits per heavy atom. The molecule has 1 saturated carbocycles. The zero-order valence-electron chi connectivity index (χ0n) is 16.4. The van der Waals surface area contributed by atoms with Crippen molar-refractivity contribution in [2.45, 2.75) is 38.8 Å². The van der Waals surface area contributed by atoms with E-state index < -0.39 is 12.1 Å². The van der Waals surface area contributed by atoms with Gasteiger partial charge in [-0.15, -0.1) is 0 Å². The van der Waals surface area contributed by atoms with Crippen LogP contribution < -0.4 is 5.32 Å². The summed E-state index contributed by atoms with van der Waals surface area (Å²) in [5.41, 5.74) is -0.0619. The number of alkyl halides is 3. The van der Waals surface area contributed by atoms with Gasteiger partial charge in [0.05, 0.1) is 5.41 Å². The van der Waals surface area contributed by atoms with Gasteiger partial charge < -0.3 is 20.2 Å². The average Bonchev–Trinajstić information content (AvgIpc) is 3.13. The van der Waals surface area contributed by atoms with Crippen molar-refractivity contribution in [3.05, 3.63) is 0 Å². The predicted octanol–water partition coefficient (Wildman–Crippen LogP) is 1.34. The Kier molecular flexibility index (Phi) is 6.32. The Morgan fingerprint density at radius 3 is 2.07 bits per heavy atom. The molecule has 1 aliphatic carbocycles. The second kappa shape index (κ2) is 7.88. The quantitative estimate of drug-likeness (QED) is 0.685. The molecule has 160 valence electrons. The van der Waals surface area contributed by atoms with E-state index in [-0.39, 0.29) is 22.6 Å².